The molecule has 1 fully saturated rings. The molecular formula is C17H26N5O3+. The van der Waals surface area contributed by atoms with Crippen LogP contribution < -0.4 is 16.1 Å². The van der Waals surface area contributed by atoms with Crippen LogP contribution in [0.15, 0.2) is 9.59 Å². The molecule has 2 aromatic rings. The van der Waals surface area contributed by atoms with Crippen LogP contribution in [0.5, 0.6) is 0 Å². The lowest BCUT2D eigenvalue weighted by Gasteiger charge is -2.24. The molecule has 1 N–H and O–H groups in total. The molecule has 8 heteroatoms. The fourth-order valence-electron chi connectivity index (χ4n) is 3.64. The molecule has 3 rings (SSSR count). The van der Waals surface area contributed by atoms with Crippen molar-refractivity contribution in [3.63, 3.8) is 0 Å². The van der Waals surface area contributed by atoms with E-state index in [2.05, 4.69) is 4.98 Å². The van der Waals surface area contributed by atoms with Crippen LogP contribution in [0.3, 0.4) is 0 Å². The average molecular weight is 348 g/mol. The van der Waals surface area contributed by atoms with Crippen LogP contribution in [0.1, 0.15) is 45.0 Å². The molecular weight excluding hydrogens is 322 g/mol. The van der Waals surface area contributed by atoms with Crippen molar-refractivity contribution in [2.45, 2.75) is 45.7 Å². The highest BCUT2D eigenvalue weighted by Gasteiger charge is 2.27. The molecule has 2 aromatic heterocycles. The van der Waals surface area contributed by atoms with Gasteiger partial charge in [-0.1, -0.05) is 0 Å². The van der Waals surface area contributed by atoms with Gasteiger partial charge in [-0.25, -0.2) is 9.78 Å². The zero-order valence-electron chi connectivity index (χ0n) is 15.3. The van der Waals surface area contributed by atoms with E-state index in [1.54, 1.807) is 18.5 Å². The number of ketones is 1. The van der Waals surface area contributed by atoms with E-state index in [1.807, 2.05) is 0 Å². The summed E-state index contributed by atoms with van der Waals surface area (Å²) in [4.78, 5) is 43.0. The van der Waals surface area contributed by atoms with Crippen molar-refractivity contribution < 1.29 is 9.69 Å². The van der Waals surface area contributed by atoms with Gasteiger partial charge >= 0.3 is 5.69 Å². The van der Waals surface area contributed by atoms with E-state index in [4.69, 9.17) is 0 Å². The van der Waals surface area contributed by atoms with Crippen molar-refractivity contribution in [3.8, 4) is 0 Å². The van der Waals surface area contributed by atoms with Crippen molar-refractivity contribution >= 4 is 16.9 Å². The van der Waals surface area contributed by atoms with Crippen molar-refractivity contribution in [2.75, 3.05) is 13.1 Å². The number of rotatable bonds is 4. The molecule has 0 bridgehead atoms. The lowest BCUT2D eigenvalue weighted by Crippen LogP contribution is -3.11. The Morgan fingerprint density at radius 1 is 1.16 bits per heavy atom. The number of likely N-dealkylation sites (tertiary alicyclic amines) is 1. The van der Waals surface area contributed by atoms with Crippen LogP contribution in [0.25, 0.3) is 11.2 Å². The molecule has 136 valence electrons. The number of carbonyl (C=O) groups excluding carboxylic acids is 1. The third-order valence-electron chi connectivity index (χ3n) is 5.31. The highest BCUT2D eigenvalue weighted by atomic mass is 16.2. The number of piperidine rings is 1. The number of hydrogen-bond acceptors (Lipinski definition) is 4. The first-order valence-electron chi connectivity index (χ1n) is 8.83. The molecule has 25 heavy (non-hydrogen) atoms. The fourth-order valence-corrected chi connectivity index (χ4v) is 3.64. The minimum absolute atomic E-state index is 0.0369. The van der Waals surface area contributed by atoms with Crippen molar-refractivity contribution in [3.05, 3.63) is 26.7 Å². The maximum atomic E-state index is 12.7. The summed E-state index contributed by atoms with van der Waals surface area (Å²) in [6.07, 6.45) is 3.61. The molecule has 3 heterocycles. The Balaban J connectivity index is 2.24. The lowest BCUT2D eigenvalue weighted by atomic mass is 10.1. The smallest absolute Gasteiger partial charge is 0.329 e. The van der Waals surface area contributed by atoms with E-state index in [9.17, 15) is 14.4 Å². The van der Waals surface area contributed by atoms with Gasteiger partial charge in [0.15, 0.2) is 22.8 Å². The largest absolute Gasteiger partial charge is 0.332 e. The number of nitrogens with one attached hydrogen (secondary N) is 1. The molecule has 0 spiro atoms. The highest BCUT2D eigenvalue weighted by Crippen LogP contribution is 2.18. The lowest BCUT2D eigenvalue weighted by molar-refractivity contribution is -0.919. The SMILES string of the molecule is CC(=O)[C@H](C)n1c(C[NH+]2CCCCC2)nc2c1c(=O)n(C)c(=O)n2C. The number of quaternary nitrogens is 1. The summed E-state index contributed by atoms with van der Waals surface area (Å²) in [5.74, 6) is 0.665. The highest BCUT2D eigenvalue weighted by molar-refractivity contribution is 5.82. The van der Waals surface area contributed by atoms with Crippen LogP contribution in [-0.4, -0.2) is 37.6 Å². The van der Waals surface area contributed by atoms with E-state index in [0.29, 0.717) is 23.5 Å². The molecule has 0 aliphatic carbocycles. The maximum Gasteiger partial charge on any atom is 0.332 e. The number of hydrogen-bond donors (Lipinski definition) is 1. The van der Waals surface area contributed by atoms with Crippen molar-refractivity contribution in [1.29, 1.82) is 0 Å². The predicted molar refractivity (Wildman–Crippen MR) is 93.9 cm³/mol. The monoisotopic (exact) mass is 348 g/mol. The standard InChI is InChI=1S/C17H25N5O3/c1-11(12(2)23)22-13(10-21-8-6-5-7-9-21)18-15-14(22)16(24)20(4)17(25)19(15)3/h11H,5-10H2,1-4H3/p+1/t11-/m0/s1. The first-order valence-corrected chi connectivity index (χ1v) is 8.83. The first-order chi connectivity index (χ1) is 11.8. The number of aromatic nitrogens is 4. The van der Waals surface area contributed by atoms with Crippen LogP contribution in [-0.2, 0) is 25.4 Å². The molecule has 0 amide bonds. The molecule has 0 unspecified atom stereocenters. The van der Waals surface area contributed by atoms with Crippen molar-refractivity contribution in [1.82, 2.24) is 18.7 Å². The van der Waals surface area contributed by atoms with Gasteiger partial charge in [0, 0.05) is 14.1 Å². The molecule has 1 saturated heterocycles. The van der Waals surface area contributed by atoms with E-state index >= 15 is 0 Å². The van der Waals surface area contributed by atoms with Gasteiger partial charge in [0.25, 0.3) is 5.56 Å². The van der Waals surface area contributed by atoms with Gasteiger partial charge in [-0.15, -0.1) is 0 Å². The quantitative estimate of drug-likeness (QED) is 0.780. The summed E-state index contributed by atoms with van der Waals surface area (Å²) in [6.45, 7) is 6.08. The number of fused-ring (bicyclic) bond motifs is 1. The Morgan fingerprint density at radius 3 is 2.40 bits per heavy atom. The molecule has 8 nitrogen and oxygen atoms in total. The van der Waals surface area contributed by atoms with Crippen LogP contribution in [0, 0.1) is 0 Å². The maximum absolute atomic E-state index is 12.7. The first kappa shape index (κ1) is 17.6. The molecule has 1 aliphatic heterocycles. The second kappa shape index (κ2) is 6.59. The summed E-state index contributed by atoms with van der Waals surface area (Å²) in [7, 11) is 3.06. The molecule has 0 aromatic carbocycles. The summed E-state index contributed by atoms with van der Waals surface area (Å²) in [5.41, 5.74) is -0.126. The number of nitrogens with zero attached hydrogens (tertiary/aromatic N) is 4. The normalized spacial score (nSPS) is 17.1. The zero-order valence-corrected chi connectivity index (χ0v) is 15.3. The van der Waals surface area contributed by atoms with E-state index < -0.39 is 17.3 Å². The minimum Gasteiger partial charge on any atom is -0.329 e. The van der Waals surface area contributed by atoms with Gasteiger partial charge in [0.1, 0.15) is 6.54 Å². The second-order valence-corrected chi connectivity index (χ2v) is 7.05. The van der Waals surface area contributed by atoms with E-state index in [-0.39, 0.29) is 5.78 Å². The Morgan fingerprint density at radius 2 is 1.80 bits per heavy atom. The topological polar surface area (TPSA) is 83.3 Å². The molecule has 1 aliphatic rings. The Bertz CT molecular complexity index is 930. The summed E-state index contributed by atoms with van der Waals surface area (Å²) < 4.78 is 4.20. The number of Topliss-reactive ketones (excluding diaryl/α,β-unsaturated/α-hetero) is 1. The van der Waals surface area contributed by atoms with Crippen LogP contribution in [0.4, 0.5) is 0 Å². The Kier molecular flexibility index (Phi) is 4.64. The Labute approximate surface area is 145 Å². The molecule has 0 saturated carbocycles. The minimum atomic E-state index is -0.491. The van der Waals surface area contributed by atoms with Gasteiger partial charge in [0.05, 0.1) is 19.1 Å². The summed E-state index contributed by atoms with van der Waals surface area (Å²) in [6, 6.07) is -0.491. The summed E-state index contributed by atoms with van der Waals surface area (Å²) in [5, 5.41) is 0. The average Bonchev–Trinajstić information content (AvgIpc) is 2.97. The zero-order chi connectivity index (χ0) is 18.3. The van der Waals surface area contributed by atoms with E-state index in [0.717, 1.165) is 17.7 Å². The number of aryl methyl sites for hydroxylation is 1. The second-order valence-electron chi connectivity index (χ2n) is 7.05. The third-order valence-corrected chi connectivity index (χ3v) is 5.31. The van der Waals surface area contributed by atoms with Gasteiger partial charge in [0.2, 0.25) is 0 Å². The number of carbonyl (C=O) groups is 1. The predicted octanol–water partition coefficient (Wildman–Crippen LogP) is -0.847. The van der Waals surface area contributed by atoms with Gasteiger partial charge < -0.3 is 9.47 Å². The number of imidazole rings is 1. The third kappa shape index (κ3) is 2.95. The van der Waals surface area contributed by atoms with E-state index in [1.165, 1.54) is 42.7 Å². The summed E-state index contributed by atoms with van der Waals surface area (Å²) >= 11 is 0. The van der Waals surface area contributed by atoms with Crippen LogP contribution in [0.2, 0.25) is 0 Å². The fraction of sp³-hybridized carbons (Fsp3) is 0.647. The van der Waals surface area contributed by atoms with Gasteiger partial charge in [-0.05, 0) is 33.1 Å². The van der Waals surface area contributed by atoms with Gasteiger partial charge in [-0.3, -0.25) is 18.7 Å². The van der Waals surface area contributed by atoms with Gasteiger partial charge in [-0.2, -0.15) is 0 Å². The Hall–Kier alpha value is -2.22. The molecule has 0 radical (unpaired) electrons. The van der Waals surface area contributed by atoms with Crippen LogP contribution >= 0.6 is 0 Å². The molecule has 1 atom stereocenters. The van der Waals surface area contributed by atoms with Crippen molar-refractivity contribution in [2.24, 2.45) is 14.1 Å².